The van der Waals surface area contributed by atoms with Crippen molar-refractivity contribution in [1.29, 1.82) is 0 Å². The van der Waals surface area contributed by atoms with Crippen LogP contribution in [0.5, 0.6) is 11.5 Å². The highest BCUT2D eigenvalue weighted by atomic mass is 16.5. The van der Waals surface area contributed by atoms with Crippen LogP contribution in [0.25, 0.3) is 0 Å². The van der Waals surface area contributed by atoms with Gasteiger partial charge in [-0.1, -0.05) is 6.07 Å². The fourth-order valence-corrected chi connectivity index (χ4v) is 2.57. The van der Waals surface area contributed by atoms with E-state index in [1.165, 1.54) is 20.0 Å². The summed E-state index contributed by atoms with van der Waals surface area (Å²) in [5.74, 6) is -0.0705. The van der Waals surface area contributed by atoms with Gasteiger partial charge < -0.3 is 20.1 Å². The highest BCUT2D eigenvalue weighted by molar-refractivity contribution is 5.97. The summed E-state index contributed by atoms with van der Waals surface area (Å²) in [5, 5.41) is 12.9. The average Bonchev–Trinajstić information content (AvgIpc) is 2.91. The van der Waals surface area contributed by atoms with Crippen LogP contribution < -0.4 is 10.1 Å². The monoisotopic (exact) mass is 278 g/mol. The predicted molar refractivity (Wildman–Crippen MR) is 77.3 cm³/mol. The standard InChI is InChI=1S/C15H22N2O3/c1-11(10-17-8-3-4-9-17)16-15(19)12-6-5-7-13(20-2)14(12)18/h5-7,11,18H,3-4,8-10H2,1-2H3,(H,16,19). The van der Waals surface area contributed by atoms with E-state index in [0.717, 1.165) is 19.6 Å². The number of hydrogen-bond donors (Lipinski definition) is 2. The number of methoxy groups -OCH3 is 1. The Balaban J connectivity index is 1.97. The Hall–Kier alpha value is -1.75. The average molecular weight is 278 g/mol. The van der Waals surface area contributed by atoms with E-state index in [1.54, 1.807) is 18.2 Å². The van der Waals surface area contributed by atoms with Crippen LogP contribution in [0.2, 0.25) is 0 Å². The van der Waals surface area contributed by atoms with Crippen molar-refractivity contribution in [3.05, 3.63) is 23.8 Å². The minimum Gasteiger partial charge on any atom is -0.504 e. The molecule has 0 radical (unpaired) electrons. The molecule has 1 aromatic carbocycles. The maximum atomic E-state index is 12.2. The highest BCUT2D eigenvalue weighted by Gasteiger charge is 2.19. The number of benzene rings is 1. The van der Waals surface area contributed by atoms with Gasteiger partial charge in [0.25, 0.3) is 5.91 Å². The molecule has 1 heterocycles. The summed E-state index contributed by atoms with van der Waals surface area (Å²) in [6.45, 7) is 5.03. The van der Waals surface area contributed by atoms with E-state index < -0.39 is 0 Å². The number of phenols is 1. The maximum Gasteiger partial charge on any atom is 0.255 e. The number of carbonyl (C=O) groups excluding carboxylic acids is 1. The van der Waals surface area contributed by atoms with Crippen LogP contribution in [-0.4, -0.2) is 48.7 Å². The Morgan fingerprint density at radius 3 is 2.80 bits per heavy atom. The van der Waals surface area contributed by atoms with E-state index in [9.17, 15) is 9.90 Å². The second-order valence-electron chi connectivity index (χ2n) is 5.24. The number of rotatable bonds is 5. The van der Waals surface area contributed by atoms with Gasteiger partial charge in [0.1, 0.15) is 0 Å². The molecular formula is C15H22N2O3. The molecule has 0 aliphatic carbocycles. The lowest BCUT2D eigenvalue weighted by Gasteiger charge is -2.21. The highest BCUT2D eigenvalue weighted by Crippen LogP contribution is 2.29. The summed E-state index contributed by atoms with van der Waals surface area (Å²) in [7, 11) is 1.47. The summed E-state index contributed by atoms with van der Waals surface area (Å²) in [5.41, 5.74) is 0.248. The summed E-state index contributed by atoms with van der Waals surface area (Å²) < 4.78 is 5.01. The molecule has 1 fully saturated rings. The van der Waals surface area contributed by atoms with Gasteiger partial charge in [0, 0.05) is 12.6 Å². The number of para-hydroxylation sites is 1. The molecule has 20 heavy (non-hydrogen) atoms. The largest absolute Gasteiger partial charge is 0.504 e. The quantitative estimate of drug-likeness (QED) is 0.859. The molecule has 0 bridgehead atoms. The number of ether oxygens (including phenoxy) is 1. The number of likely N-dealkylation sites (tertiary alicyclic amines) is 1. The van der Waals surface area contributed by atoms with Crippen LogP contribution >= 0.6 is 0 Å². The lowest BCUT2D eigenvalue weighted by atomic mass is 10.1. The van der Waals surface area contributed by atoms with Gasteiger partial charge in [-0.2, -0.15) is 0 Å². The van der Waals surface area contributed by atoms with Gasteiger partial charge in [-0.3, -0.25) is 4.79 Å². The van der Waals surface area contributed by atoms with Crippen molar-refractivity contribution in [1.82, 2.24) is 10.2 Å². The zero-order valence-electron chi connectivity index (χ0n) is 12.1. The van der Waals surface area contributed by atoms with Gasteiger partial charge in [-0.05, 0) is 45.0 Å². The Morgan fingerprint density at radius 1 is 1.45 bits per heavy atom. The molecule has 1 aliphatic rings. The Morgan fingerprint density at radius 2 is 2.15 bits per heavy atom. The lowest BCUT2D eigenvalue weighted by molar-refractivity contribution is 0.0928. The molecule has 0 spiro atoms. The van der Waals surface area contributed by atoms with Crippen LogP contribution in [0, 0.1) is 0 Å². The van der Waals surface area contributed by atoms with E-state index in [1.807, 2.05) is 6.92 Å². The van der Waals surface area contributed by atoms with E-state index in [2.05, 4.69) is 10.2 Å². The molecule has 5 nitrogen and oxygen atoms in total. The fraction of sp³-hybridized carbons (Fsp3) is 0.533. The molecule has 0 aromatic heterocycles. The number of hydrogen-bond acceptors (Lipinski definition) is 4. The topological polar surface area (TPSA) is 61.8 Å². The molecule has 1 aliphatic heterocycles. The second-order valence-corrected chi connectivity index (χ2v) is 5.24. The minimum absolute atomic E-state index is 0.0474. The lowest BCUT2D eigenvalue weighted by Crippen LogP contribution is -2.41. The van der Waals surface area contributed by atoms with Crippen molar-refractivity contribution in [2.75, 3.05) is 26.7 Å². The van der Waals surface area contributed by atoms with Crippen LogP contribution in [0.4, 0.5) is 0 Å². The van der Waals surface area contributed by atoms with Gasteiger partial charge >= 0.3 is 0 Å². The third-order valence-electron chi connectivity index (χ3n) is 3.57. The van der Waals surface area contributed by atoms with E-state index >= 15 is 0 Å². The van der Waals surface area contributed by atoms with Gasteiger partial charge in [-0.15, -0.1) is 0 Å². The summed E-state index contributed by atoms with van der Waals surface area (Å²) in [6, 6.07) is 4.96. The van der Waals surface area contributed by atoms with Crippen molar-refractivity contribution < 1.29 is 14.6 Å². The molecule has 1 atom stereocenters. The van der Waals surface area contributed by atoms with Crippen molar-refractivity contribution in [2.24, 2.45) is 0 Å². The molecule has 5 heteroatoms. The summed E-state index contributed by atoms with van der Waals surface area (Å²) in [6.07, 6.45) is 2.47. The van der Waals surface area contributed by atoms with Gasteiger partial charge in [0.15, 0.2) is 11.5 Å². The number of nitrogens with one attached hydrogen (secondary N) is 1. The first-order chi connectivity index (χ1) is 9.61. The molecule has 110 valence electrons. The third kappa shape index (κ3) is 3.42. The molecule has 1 aromatic rings. The van der Waals surface area contributed by atoms with Crippen LogP contribution in [0.15, 0.2) is 18.2 Å². The maximum absolute atomic E-state index is 12.2. The first kappa shape index (κ1) is 14.7. The first-order valence-corrected chi connectivity index (χ1v) is 7.01. The van der Waals surface area contributed by atoms with Crippen LogP contribution in [0.1, 0.15) is 30.1 Å². The normalized spacial score (nSPS) is 16.9. The fourth-order valence-electron chi connectivity index (χ4n) is 2.57. The number of nitrogens with zero attached hydrogens (tertiary/aromatic N) is 1. The molecule has 1 amide bonds. The molecule has 2 rings (SSSR count). The minimum atomic E-state index is -0.270. The van der Waals surface area contributed by atoms with Crippen LogP contribution in [0.3, 0.4) is 0 Å². The Labute approximate surface area is 119 Å². The van der Waals surface area contributed by atoms with Crippen molar-refractivity contribution >= 4 is 5.91 Å². The number of phenolic OH excluding ortho intramolecular Hbond substituents is 1. The zero-order valence-corrected chi connectivity index (χ0v) is 12.1. The van der Waals surface area contributed by atoms with Crippen molar-refractivity contribution in [2.45, 2.75) is 25.8 Å². The number of amides is 1. The van der Waals surface area contributed by atoms with E-state index in [4.69, 9.17) is 4.74 Å². The van der Waals surface area contributed by atoms with Gasteiger partial charge in [0.05, 0.1) is 12.7 Å². The molecule has 1 saturated heterocycles. The first-order valence-electron chi connectivity index (χ1n) is 7.01. The molecule has 1 unspecified atom stereocenters. The zero-order chi connectivity index (χ0) is 14.5. The number of carbonyl (C=O) groups is 1. The summed E-state index contributed by atoms with van der Waals surface area (Å²) >= 11 is 0. The second kappa shape index (κ2) is 6.61. The van der Waals surface area contributed by atoms with Crippen molar-refractivity contribution in [3.8, 4) is 11.5 Å². The van der Waals surface area contributed by atoms with Gasteiger partial charge in [-0.25, -0.2) is 0 Å². The van der Waals surface area contributed by atoms with E-state index in [-0.39, 0.29) is 23.3 Å². The van der Waals surface area contributed by atoms with Gasteiger partial charge in [0.2, 0.25) is 0 Å². The van der Waals surface area contributed by atoms with Crippen LogP contribution in [-0.2, 0) is 0 Å². The molecular weight excluding hydrogens is 256 g/mol. The molecule has 2 N–H and O–H groups in total. The number of aromatic hydroxyl groups is 1. The SMILES string of the molecule is COc1cccc(C(=O)NC(C)CN2CCCC2)c1O. The van der Waals surface area contributed by atoms with Crippen molar-refractivity contribution in [3.63, 3.8) is 0 Å². The predicted octanol–water partition coefficient (Wildman–Crippen LogP) is 1.61. The molecule has 0 saturated carbocycles. The van der Waals surface area contributed by atoms with E-state index in [0.29, 0.717) is 5.75 Å². The Kier molecular flexibility index (Phi) is 4.84. The smallest absolute Gasteiger partial charge is 0.255 e. The third-order valence-corrected chi connectivity index (χ3v) is 3.57. The Bertz CT molecular complexity index is 470. The summed E-state index contributed by atoms with van der Waals surface area (Å²) in [4.78, 5) is 14.5.